The number of amides is 1. The zero-order valence-electron chi connectivity index (χ0n) is 13.1. The lowest BCUT2D eigenvalue weighted by Gasteiger charge is -2.21. The molecule has 2 aromatic carbocycles. The van der Waals surface area contributed by atoms with Gasteiger partial charge in [-0.15, -0.1) is 0 Å². The van der Waals surface area contributed by atoms with Gasteiger partial charge in [0.1, 0.15) is 6.04 Å². The van der Waals surface area contributed by atoms with E-state index in [0.717, 1.165) is 11.1 Å². The van der Waals surface area contributed by atoms with E-state index in [2.05, 4.69) is 0 Å². The zero-order valence-corrected chi connectivity index (χ0v) is 13.9. The number of hydrogen-bond donors (Lipinski definition) is 0. The highest BCUT2D eigenvalue weighted by Crippen LogP contribution is 2.32. The summed E-state index contributed by atoms with van der Waals surface area (Å²) in [6.07, 6.45) is 2.13. The number of rotatable bonds is 3. The highest BCUT2D eigenvalue weighted by molar-refractivity contribution is 6.30. The Hall–Kier alpha value is -2.59. The molecule has 3 rings (SSSR count). The minimum Gasteiger partial charge on any atom is -0.467 e. The van der Waals surface area contributed by atoms with Crippen molar-refractivity contribution in [3.63, 3.8) is 0 Å². The lowest BCUT2D eigenvalue weighted by atomic mass is 10.0. The van der Waals surface area contributed by atoms with E-state index >= 15 is 0 Å². The predicted octanol–water partition coefficient (Wildman–Crippen LogP) is 3.77. The number of nitrogens with zero attached hydrogens (tertiary/aromatic N) is 1. The quantitative estimate of drug-likeness (QED) is 0.798. The van der Waals surface area contributed by atoms with E-state index in [1.165, 1.54) is 12.0 Å². The molecule has 24 heavy (non-hydrogen) atoms. The van der Waals surface area contributed by atoms with E-state index in [0.29, 0.717) is 17.0 Å². The van der Waals surface area contributed by atoms with E-state index in [9.17, 15) is 9.59 Å². The van der Waals surface area contributed by atoms with Crippen LogP contribution in [0, 0.1) is 0 Å². The molecule has 1 heterocycles. The van der Waals surface area contributed by atoms with E-state index in [-0.39, 0.29) is 5.91 Å². The second kappa shape index (κ2) is 6.89. The van der Waals surface area contributed by atoms with Crippen molar-refractivity contribution < 1.29 is 14.3 Å². The molecule has 0 aromatic heterocycles. The molecule has 0 saturated carbocycles. The molecule has 122 valence electrons. The molecule has 1 amide bonds. The van der Waals surface area contributed by atoms with Crippen molar-refractivity contribution in [1.29, 1.82) is 0 Å². The first kappa shape index (κ1) is 16.3. The molecule has 4 nitrogen and oxygen atoms in total. The maximum atomic E-state index is 12.8. The van der Waals surface area contributed by atoms with Crippen molar-refractivity contribution in [2.75, 3.05) is 7.11 Å². The fourth-order valence-corrected chi connectivity index (χ4v) is 2.86. The fraction of sp³-hybridized carbons (Fsp3) is 0.158. The van der Waals surface area contributed by atoms with Crippen LogP contribution in [0.2, 0.25) is 5.02 Å². The Labute approximate surface area is 145 Å². The van der Waals surface area contributed by atoms with Crippen molar-refractivity contribution >= 4 is 29.1 Å². The number of carbonyl (C=O) groups is 2. The number of halogens is 1. The van der Waals surface area contributed by atoms with Crippen molar-refractivity contribution in [3.05, 3.63) is 76.9 Å². The smallest absolute Gasteiger partial charge is 0.329 e. The molecule has 1 aliphatic heterocycles. The van der Waals surface area contributed by atoms with Gasteiger partial charge in [-0.25, -0.2) is 4.79 Å². The average molecular weight is 342 g/mol. The molecular weight excluding hydrogens is 326 g/mol. The summed E-state index contributed by atoms with van der Waals surface area (Å²) in [5, 5.41) is 0.638. The van der Waals surface area contributed by atoms with Crippen LogP contribution in [0.1, 0.15) is 22.3 Å². The van der Waals surface area contributed by atoms with Crippen LogP contribution in [0.4, 0.5) is 0 Å². The van der Waals surface area contributed by atoms with Gasteiger partial charge >= 0.3 is 5.97 Å². The summed E-state index contributed by atoms with van der Waals surface area (Å²) in [5.74, 6) is -0.658. The van der Waals surface area contributed by atoms with Crippen LogP contribution in [0.5, 0.6) is 0 Å². The summed E-state index contributed by atoms with van der Waals surface area (Å²) in [6, 6.07) is 15.5. The molecule has 0 unspecified atom stereocenters. The minimum atomic E-state index is -0.659. The SMILES string of the molecule is COC(=O)[C@@H]1CC(c2ccc(Cl)cc2)=CN1C(=O)c1ccccc1. The summed E-state index contributed by atoms with van der Waals surface area (Å²) in [7, 11) is 1.33. The average Bonchev–Trinajstić information content (AvgIpc) is 3.07. The zero-order chi connectivity index (χ0) is 17.1. The normalized spacial score (nSPS) is 16.7. The molecule has 0 saturated heterocycles. The van der Waals surface area contributed by atoms with Crippen LogP contribution in [0.15, 0.2) is 60.8 Å². The summed E-state index contributed by atoms with van der Waals surface area (Å²) in [5.41, 5.74) is 2.35. The Morgan fingerprint density at radius 1 is 1.08 bits per heavy atom. The monoisotopic (exact) mass is 341 g/mol. The molecule has 0 fully saturated rings. The molecule has 0 N–H and O–H groups in total. The number of carbonyl (C=O) groups excluding carboxylic acids is 2. The van der Waals surface area contributed by atoms with Crippen molar-refractivity contribution in [2.45, 2.75) is 12.5 Å². The molecule has 1 atom stereocenters. The van der Waals surface area contributed by atoms with Gasteiger partial charge in [0, 0.05) is 23.2 Å². The minimum absolute atomic E-state index is 0.227. The maximum absolute atomic E-state index is 12.8. The molecule has 2 aromatic rings. The van der Waals surface area contributed by atoms with Gasteiger partial charge in [0.2, 0.25) is 0 Å². The Morgan fingerprint density at radius 3 is 2.38 bits per heavy atom. The summed E-state index contributed by atoms with van der Waals surface area (Å²) in [4.78, 5) is 26.3. The molecule has 0 aliphatic carbocycles. The van der Waals surface area contributed by atoms with Gasteiger partial charge in [-0.05, 0) is 35.4 Å². The van der Waals surface area contributed by atoms with Crippen LogP contribution >= 0.6 is 11.6 Å². The number of hydrogen-bond acceptors (Lipinski definition) is 3. The maximum Gasteiger partial charge on any atom is 0.329 e. The van der Waals surface area contributed by atoms with E-state index in [1.54, 1.807) is 42.6 Å². The molecular formula is C19H16ClNO3. The van der Waals surface area contributed by atoms with Crippen LogP contribution in [-0.2, 0) is 9.53 Å². The summed E-state index contributed by atoms with van der Waals surface area (Å²) >= 11 is 5.92. The van der Waals surface area contributed by atoms with Crippen LogP contribution < -0.4 is 0 Å². The second-order valence-corrected chi connectivity index (χ2v) is 5.92. The topological polar surface area (TPSA) is 46.6 Å². The number of ether oxygens (including phenoxy) is 1. The summed E-state index contributed by atoms with van der Waals surface area (Å²) in [6.45, 7) is 0. The fourth-order valence-electron chi connectivity index (χ4n) is 2.74. The van der Waals surface area contributed by atoms with Crippen LogP contribution in [0.25, 0.3) is 5.57 Å². The van der Waals surface area contributed by atoms with Gasteiger partial charge in [-0.1, -0.05) is 41.9 Å². The highest BCUT2D eigenvalue weighted by Gasteiger charge is 2.36. The first-order valence-electron chi connectivity index (χ1n) is 7.52. The lowest BCUT2D eigenvalue weighted by molar-refractivity contribution is -0.144. The third-order valence-corrected chi connectivity index (χ3v) is 4.24. The van der Waals surface area contributed by atoms with Gasteiger partial charge in [-0.3, -0.25) is 4.79 Å². The predicted molar refractivity (Wildman–Crippen MR) is 92.5 cm³/mol. The molecule has 0 radical (unpaired) electrons. The van der Waals surface area contributed by atoms with Gasteiger partial charge in [-0.2, -0.15) is 0 Å². The van der Waals surface area contributed by atoms with Gasteiger partial charge in [0.15, 0.2) is 0 Å². The third kappa shape index (κ3) is 3.19. The van der Waals surface area contributed by atoms with E-state index < -0.39 is 12.0 Å². The standard InChI is InChI=1S/C19H16ClNO3/c1-24-19(23)17-11-15(13-7-9-16(20)10-8-13)12-21(17)18(22)14-5-3-2-4-6-14/h2-10,12,17H,11H2,1H3/t17-/m0/s1. The Kier molecular flexibility index (Phi) is 4.67. The van der Waals surface area contributed by atoms with E-state index in [1.807, 2.05) is 18.2 Å². The van der Waals surface area contributed by atoms with Crippen LogP contribution in [-0.4, -0.2) is 29.9 Å². The Balaban J connectivity index is 1.94. The van der Waals surface area contributed by atoms with Gasteiger partial charge < -0.3 is 9.64 Å². The van der Waals surface area contributed by atoms with Crippen molar-refractivity contribution in [1.82, 2.24) is 4.90 Å². The second-order valence-electron chi connectivity index (χ2n) is 5.48. The van der Waals surface area contributed by atoms with Crippen molar-refractivity contribution in [3.8, 4) is 0 Å². The lowest BCUT2D eigenvalue weighted by Crippen LogP contribution is -2.39. The van der Waals surface area contributed by atoms with Crippen molar-refractivity contribution in [2.24, 2.45) is 0 Å². The van der Waals surface area contributed by atoms with E-state index in [4.69, 9.17) is 16.3 Å². The van der Waals surface area contributed by atoms with Crippen LogP contribution in [0.3, 0.4) is 0 Å². The highest BCUT2D eigenvalue weighted by atomic mass is 35.5. The number of methoxy groups -OCH3 is 1. The Bertz CT molecular complexity index is 784. The third-order valence-electron chi connectivity index (χ3n) is 3.99. The molecule has 1 aliphatic rings. The number of esters is 1. The van der Waals surface area contributed by atoms with Gasteiger partial charge in [0.05, 0.1) is 7.11 Å². The Morgan fingerprint density at radius 2 is 1.75 bits per heavy atom. The summed E-state index contributed by atoms with van der Waals surface area (Å²) < 4.78 is 4.87. The molecule has 0 bridgehead atoms. The van der Waals surface area contributed by atoms with Gasteiger partial charge in [0.25, 0.3) is 5.91 Å². The molecule has 5 heteroatoms. The first-order chi connectivity index (χ1) is 11.6. The largest absolute Gasteiger partial charge is 0.467 e. The number of benzene rings is 2. The first-order valence-corrected chi connectivity index (χ1v) is 7.90. The molecule has 0 spiro atoms.